The maximum absolute atomic E-state index is 13.7. The van der Waals surface area contributed by atoms with Crippen molar-refractivity contribution in [3.8, 4) is 28.5 Å². The Morgan fingerprint density at radius 2 is 1.86 bits per heavy atom. The highest BCUT2D eigenvalue weighted by Gasteiger charge is 2.19. The van der Waals surface area contributed by atoms with Gasteiger partial charge in [0.05, 0.1) is 12.2 Å². The third kappa shape index (κ3) is 4.76. The molecule has 190 valence electrons. The number of unbranched alkanes of at least 4 members (excludes halogenated alkanes) is 1. The number of aromatic nitrogens is 8. The van der Waals surface area contributed by atoms with E-state index in [9.17, 15) is 4.79 Å². The number of hydrogen-bond acceptors (Lipinski definition) is 5. The highest BCUT2D eigenvalue weighted by atomic mass is 16.1. The van der Waals surface area contributed by atoms with Crippen LogP contribution in [0.3, 0.4) is 0 Å². The molecule has 5 rings (SSSR count). The van der Waals surface area contributed by atoms with E-state index in [1.54, 1.807) is 0 Å². The molecule has 0 fully saturated rings. The summed E-state index contributed by atoms with van der Waals surface area (Å²) in [6.07, 6.45) is 8.83. The fourth-order valence-electron chi connectivity index (χ4n) is 4.75. The predicted octanol–water partition coefficient (Wildman–Crippen LogP) is 4.73. The van der Waals surface area contributed by atoms with Crippen LogP contribution < -0.4 is 5.69 Å². The van der Waals surface area contributed by atoms with Crippen LogP contribution in [0, 0.1) is 0 Å². The van der Waals surface area contributed by atoms with E-state index in [4.69, 9.17) is 4.98 Å². The molecule has 0 unspecified atom stereocenters. The number of tetrazole rings is 1. The summed E-state index contributed by atoms with van der Waals surface area (Å²) in [4.78, 5) is 18.5. The summed E-state index contributed by atoms with van der Waals surface area (Å²) >= 11 is 0. The van der Waals surface area contributed by atoms with E-state index in [0.29, 0.717) is 18.3 Å². The molecule has 4 aromatic heterocycles. The molecule has 0 saturated heterocycles. The van der Waals surface area contributed by atoms with Crippen molar-refractivity contribution in [1.82, 2.24) is 39.3 Å². The van der Waals surface area contributed by atoms with Crippen molar-refractivity contribution in [2.24, 2.45) is 7.05 Å². The topological polar surface area (TPSA) is 99.2 Å². The Labute approximate surface area is 215 Å². The van der Waals surface area contributed by atoms with E-state index in [0.717, 1.165) is 58.7 Å². The summed E-state index contributed by atoms with van der Waals surface area (Å²) < 4.78 is 5.73. The van der Waals surface area contributed by atoms with Crippen LogP contribution in [0.4, 0.5) is 0 Å². The lowest BCUT2D eigenvalue weighted by Gasteiger charge is -2.11. The molecular formula is C28H32N8O. The molecule has 0 aliphatic carbocycles. The minimum Gasteiger partial charge on any atom is -0.337 e. The fourth-order valence-corrected chi connectivity index (χ4v) is 4.75. The number of hydrogen-bond donors (Lipinski definition) is 1. The molecule has 0 aliphatic rings. The number of aromatic amines is 1. The summed E-state index contributed by atoms with van der Waals surface area (Å²) in [5.74, 6) is 1.85. The summed E-state index contributed by atoms with van der Waals surface area (Å²) in [5, 5.41) is 14.3. The number of nitrogens with one attached hydrogen (secondary N) is 1. The lowest BCUT2D eigenvalue weighted by atomic mass is 10.0. The molecule has 0 spiro atoms. The molecule has 4 heterocycles. The van der Waals surface area contributed by atoms with Gasteiger partial charge in [0.25, 0.3) is 0 Å². The van der Waals surface area contributed by atoms with Crippen molar-refractivity contribution >= 4 is 0 Å². The summed E-state index contributed by atoms with van der Waals surface area (Å²) in [6.45, 7) is 6.95. The maximum atomic E-state index is 13.7. The zero-order valence-corrected chi connectivity index (χ0v) is 21.7. The highest BCUT2D eigenvalue weighted by Crippen LogP contribution is 2.28. The van der Waals surface area contributed by atoms with Gasteiger partial charge in [-0.05, 0) is 52.4 Å². The maximum Gasteiger partial charge on any atom is 0.334 e. The Hall–Kier alpha value is -4.27. The quantitative estimate of drug-likeness (QED) is 0.318. The Morgan fingerprint density at radius 3 is 2.54 bits per heavy atom. The first-order valence-corrected chi connectivity index (χ1v) is 12.7. The smallest absolute Gasteiger partial charge is 0.334 e. The second-order valence-electron chi connectivity index (χ2n) is 9.67. The molecule has 1 N–H and O–H groups in total. The zero-order chi connectivity index (χ0) is 25.9. The minimum absolute atomic E-state index is 0.0259. The van der Waals surface area contributed by atoms with Gasteiger partial charge < -0.3 is 4.57 Å². The number of benzene rings is 1. The molecule has 0 atom stereocenters. The zero-order valence-electron chi connectivity index (χ0n) is 21.7. The minimum atomic E-state index is -0.0259. The number of rotatable bonds is 9. The van der Waals surface area contributed by atoms with Crippen LogP contribution in [0.15, 0.2) is 65.8 Å². The predicted molar refractivity (Wildman–Crippen MR) is 144 cm³/mol. The van der Waals surface area contributed by atoms with Crippen molar-refractivity contribution in [3.05, 3.63) is 88.4 Å². The molecule has 9 nitrogen and oxygen atoms in total. The Balaban J connectivity index is 1.49. The first kappa shape index (κ1) is 24.4. The number of imidazole rings is 1. The van der Waals surface area contributed by atoms with Gasteiger partial charge in [0.2, 0.25) is 0 Å². The number of nitrogens with zero attached hydrogens (tertiary/aromatic N) is 7. The monoisotopic (exact) mass is 496 g/mol. The molecule has 0 bridgehead atoms. The van der Waals surface area contributed by atoms with Crippen molar-refractivity contribution in [2.45, 2.75) is 52.5 Å². The lowest BCUT2D eigenvalue weighted by Crippen LogP contribution is -2.26. The number of aryl methyl sites for hydroxylation is 2. The summed E-state index contributed by atoms with van der Waals surface area (Å²) in [6, 6.07) is 14.0. The van der Waals surface area contributed by atoms with Crippen molar-refractivity contribution < 1.29 is 0 Å². The van der Waals surface area contributed by atoms with Crippen LogP contribution >= 0.6 is 0 Å². The summed E-state index contributed by atoms with van der Waals surface area (Å²) in [7, 11) is 1.99. The van der Waals surface area contributed by atoms with E-state index in [-0.39, 0.29) is 5.69 Å². The van der Waals surface area contributed by atoms with Crippen molar-refractivity contribution in [3.63, 3.8) is 0 Å². The molecule has 1 aromatic carbocycles. The molecule has 5 aromatic rings. The van der Waals surface area contributed by atoms with Gasteiger partial charge in [0.15, 0.2) is 5.82 Å². The van der Waals surface area contributed by atoms with E-state index in [1.807, 2.05) is 75.7 Å². The SMILES string of the molecule is CCCCc1cn(-c2c(C(C)C)ccn2C)c(=O)n1Cc1ccc(-c2ccccc2-c2nnn[nH]2)nc1. The first-order chi connectivity index (χ1) is 18.0. The van der Waals surface area contributed by atoms with Crippen LogP contribution in [0.2, 0.25) is 0 Å². The fraction of sp³-hybridized carbons (Fsp3) is 0.321. The van der Waals surface area contributed by atoms with Gasteiger partial charge in [-0.1, -0.05) is 57.5 Å². The van der Waals surface area contributed by atoms with E-state index < -0.39 is 0 Å². The molecule has 0 saturated carbocycles. The average molecular weight is 497 g/mol. The Morgan fingerprint density at radius 1 is 1.05 bits per heavy atom. The molecule has 37 heavy (non-hydrogen) atoms. The van der Waals surface area contributed by atoms with Gasteiger partial charge in [-0.15, -0.1) is 5.10 Å². The third-order valence-corrected chi connectivity index (χ3v) is 6.74. The normalized spacial score (nSPS) is 11.5. The lowest BCUT2D eigenvalue weighted by molar-refractivity contribution is 0.668. The molecular weight excluding hydrogens is 464 g/mol. The Kier molecular flexibility index (Phi) is 6.85. The average Bonchev–Trinajstić information content (AvgIpc) is 3.64. The third-order valence-electron chi connectivity index (χ3n) is 6.74. The van der Waals surface area contributed by atoms with E-state index >= 15 is 0 Å². The first-order valence-electron chi connectivity index (χ1n) is 12.7. The van der Waals surface area contributed by atoms with E-state index in [1.165, 1.54) is 0 Å². The number of H-pyrrole nitrogens is 1. The van der Waals surface area contributed by atoms with E-state index in [2.05, 4.69) is 47.5 Å². The number of pyridine rings is 1. The van der Waals surface area contributed by atoms with Gasteiger partial charge in [-0.3, -0.25) is 14.1 Å². The van der Waals surface area contributed by atoms with Gasteiger partial charge >= 0.3 is 5.69 Å². The molecule has 9 heteroatoms. The van der Waals surface area contributed by atoms with Gasteiger partial charge in [-0.2, -0.15) is 0 Å². The van der Waals surface area contributed by atoms with Gasteiger partial charge in [-0.25, -0.2) is 9.89 Å². The van der Waals surface area contributed by atoms with Gasteiger partial charge in [0.1, 0.15) is 5.82 Å². The van der Waals surface area contributed by atoms with Crippen LogP contribution in [-0.4, -0.2) is 39.3 Å². The largest absolute Gasteiger partial charge is 0.337 e. The van der Waals surface area contributed by atoms with Crippen LogP contribution in [0.1, 0.15) is 56.4 Å². The standard InChI is InChI=1S/C28H32N8O/c1-5-6-9-21-18-36(27-22(19(2)3)14-15-34(27)4)28(37)35(21)17-20-12-13-25(29-16-20)23-10-7-8-11-24(23)26-30-32-33-31-26/h7-8,10-16,18-19H,5-6,9,17H2,1-4H3,(H,30,31,32,33). The summed E-state index contributed by atoms with van der Waals surface area (Å²) in [5.41, 5.74) is 5.77. The molecule has 0 radical (unpaired) electrons. The highest BCUT2D eigenvalue weighted by molar-refractivity contribution is 5.78. The van der Waals surface area contributed by atoms with Crippen LogP contribution in [-0.2, 0) is 20.0 Å². The van der Waals surface area contributed by atoms with Crippen LogP contribution in [0.5, 0.6) is 0 Å². The van der Waals surface area contributed by atoms with Gasteiger partial charge in [0, 0.05) is 42.5 Å². The second-order valence-corrected chi connectivity index (χ2v) is 9.67. The molecule has 0 aliphatic heterocycles. The molecule has 0 amide bonds. The second kappa shape index (κ2) is 10.4. The Bertz CT molecular complexity index is 1540. The van der Waals surface area contributed by atoms with Crippen molar-refractivity contribution in [2.75, 3.05) is 0 Å². The van der Waals surface area contributed by atoms with Crippen molar-refractivity contribution in [1.29, 1.82) is 0 Å². The van der Waals surface area contributed by atoms with Crippen LogP contribution in [0.25, 0.3) is 28.5 Å².